The minimum Gasteiger partial charge on any atom is -0.462 e. The van der Waals surface area contributed by atoms with Crippen molar-refractivity contribution in [2.75, 3.05) is 39.6 Å². The number of allylic oxidation sites excluding steroid dienone is 20. The van der Waals surface area contributed by atoms with Gasteiger partial charge in [0.2, 0.25) is 0 Å². The molecule has 0 amide bonds. The SMILES string of the molecule is CC/C=C\C/C=C\C/C=C\C/C=C\C/C=C\C/C=C\CCC(=O)OCC(COP(=O)(O)OCC(O)COP(=O)(O)OCC(COC(=O)CCCC/C=C\C/C=C\C/C=C\C/C=C\CC)OC(=O)CCCCCCCCCCCCC)OC(=O)CCCCCCCCCCCCC. The average Bonchev–Trinajstić information content (AvgIpc) is 1.15. The summed E-state index contributed by atoms with van der Waals surface area (Å²) in [6.07, 6.45) is 73.7. The van der Waals surface area contributed by atoms with Gasteiger partial charge in [-0.25, -0.2) is 9.13 Å². The lowest BCUT2D eigenvalue weighted by Crippen LogP contribution is -2.30. The van der Waals surface area contributed by atoms with Gasteiger partial charge < -0.3 is 33.8 Å². The van der Waals surface area contributed by atoms with Crippen molar-refractivity contribution in [1.29, 1.82) is 0 Å². The molecule has 0 saturated carbocycles. The van der Waals surface area contributed by atoms with Crippen LogP contribution in [0.2, 0.25) is 0 Å². The topological polar surface area (TPSA) is 237 Å². The van der Waals surface area contributed by atoms with Gasteiger partial charge in [-0.3, -0.25) is 37.3 Å². The molecule has 5 unspecified atom stereocenters. The van der Waals surface area contributed by atoms with E-state index in [-0.39, 0.29) is 25.7 Å². The molecule has 96 heavy (non-hydrogen) atoms. The van der Waals surface area contributed by atoms with Gasteiger partial charge in [-0.2, -0.15) is 0 Å². The third-order valence-electron chi connectivity index (χ3n) is 15.0. The van der Waals surface area contributed by atoms with Crippen molar-refractivity contribution in [2.45, 2.75) is 303 Å². The van der Waals surface area contributed by atoms with Gasteiger partial charge in [-0.05, 0) is 103 Å². The molecule has 0 fully saturated rings. The highest BCUT2D eigenvalue weighted by Gasteiger charge is 2.30. The molecule has 17 nitrogen and oxygen atoms in total. The van der Waals surface area contributed by atoms with Crippen LogP contribution in [0.4, 0.5) is 0 Å². The van der Waals surface area contributed by atoms with E-state index in [9.17, 15) is 43.2 Å². The van der Waals surface area contributed by atoms with Gasteiger partial charge in [-0.15, -0.1) is 0 Å². The number of hydrogen-bond acceptors (Lipinski definition) is 15. The number of aliphatic hydroxyl groups is 1. The van der Waals surface area contributed by atoms with Crippen LogP contribution in [-0.2, 0) is 65.4 Å². The van der Waals surface area contributed by atoms with Crippen molar-refractivity contribution in [3.05, 3.63) is 122 Å². The van der Waals surface area contributed by atoms with Gasteiger partial charge in [0.1, 0.15) is 19.3 Å². The second kappa shape index (κ2) is 69.0. The lowest BCUT2D eigenvalue weighted by molar-refractivity contribution is -0.161. The molecule has 0 aromatic carbocycles. The summed E-state index contributed by atoms with van der Waals surface area (Å²) in [5.41, 5.74) is 0. The quantitative estimate of drug-likeness (QED) is 0.0169. The molecule has 0 spiro atoms. The minimum absolute atomic E-state index is 0.0355. The molecule has 19 heteroatoms. The highest BCUT2D eigenvalue weighted by molar-refractivity contribution is 7.47. The molecule has 0 aromatic heterocycles. The molecule has 0 heterocycles. The zero-order chi connectivity index (χ0) is 70.4. The number of carbonyl (C=O) groups excluding carboxylic acids is 4. The van der Waals surface area contributed by atoms with E-state index < -0.39 is 97.5 Å². The summed E-state index contributed by atoms with van der Waals surface area (Å²) < 4.78 is 68.2. The van der Waals surface area contributed by atoms with Crippen LogP contribution < -0.4 is 0 Å². The average molecular weight is 1390 g/mol. The van der Waals surface area contributed by atoms with E-state index >= 15 is 0 Å². The second-order valence-corrected chi connectivity index (χ2v) is 27.0. The van der Waals surface area contributed by atoms with E-state index in [1.807, 2.05) is 18.2 Å². The van der Waals surface area contributed by atoms with Gasteiger partial charge in [0.25, 0.3) is 0 Å². The molecule has 0 aliphatic rings. The molecule has 0 saturated heterocycles. The first-order chi connectivity index (χ1) is 46.7. The Morgan fingerprint density at radius 2 is 0.562 bits per heavy atom. The first kappa shape index (κ1) is 91.5. The number of esters is 4. The summed E-state index contributed by atoms with van der Waals surface area (Å²) in [5, 5.41) is 10.6. The predicted octanol–water partition coefficient (Wildman–Crippen LogP) is 20.8. The fourth-order valence-electron chi connectivity index (χ4n) is 9.41. The molecule has 0 radical (unpaired) electrons. The number of ether oxygens (including phenoxy) is 4. The Morgan fingerprint density at radius 1 is 0.302 bits per heavy atom. The fourth-order valence-corrected chi connectivity index (χ4v) is 11.0. The van der Waals surface area contributed by atoms with Crippen molar-refractivity contribution < 1.29 is 80.2 Å². The Bertz CT molecular complexity index is 2300. The first-order valence-electron chi connectivity index (χ1n) is 36.8. The molecule has 550 valence electrons. The zero-order valence-corrected chi connectivity index (χ0v) is 61.5. The van der Waals surface area contributed by atoms with Gasteiger partial charge in [0, 0.05) is 25.7 Å². The number of phosphoric acid groups is 2. The minimum atomic E-state index is -4.99. The summed E-state index contributed by atoms with van der Waals surface area (Å²) in [5.74, 6) is -2.32. The van der Waals surface area contributed by atoms with Crippen LogP contribution in [-0.4, -0.2) is 96.7 Å². The fraction of sp³-hybridized carbons (Fsp3) is 0.688. The molecular weight excluding hydrogens is 1260 g/mol. The van der Waals surface area contributed by atoms with Gasteiger partial charge >= 0.3 is 39.5 Å². The number of unbranched alkanes of at least 4 members (excludes halogenated alkanes) is 22. The molecule has 5 atom stereocenters. The van der Waals surface area contributed by atoms with E-state index in [0.29, 0.717) is 32.1 Å². The van der Waals surface area contributed by atoms with Crippen LogP contribution in [0.1, 0.15) is 285 Å². The molecule has 0 rings (SSSR count). The van der Waals surface area contributed by atoms with Crippen LogP contribution in [0, 0.1) is 0 Å². The highest BCUT2D eigenvalue weighted by atomic mass is 31.2. The Balaban J connectivity index is 5.38. The van der Waals surface area contributed by atoms with Crippen LogP contribution in [0.3, 0.4) is 0 Å². The third-order valence-corrected chi connectivity index (χ3v) is 16.9. The zero-order valence-electron chi connectivity index (χ0n) is 59.8. The largest absolute Gasteiger partial charge is 0.472 e. The highest BCUT2D eigenvalue weighted by Crippen LogP contribution is 2.45. The summed E-state index contributed by atoms with van der Waals surface area (Å²) in [4.78, 5) is 72.6. The Hall–Kier alpha value is -4.54. The molecule has 3 N–H and O–H groups in total. The third kappa shape index (κ3) is 68.0. The van der Waals surface area contributed by atoms with Crippen molar-refractivity contribution in [2.24, 2.45) is 0 Å². The maximum atomic E-state index is 13.0. The van der Waals surface area contributed by atoms with Crippen LogP contribution in [0.25, 0.3) is 0 Å². The first-order valence-corrected chi connectivity index (χ1v) is 39.8. The molecule has 0 bridgehead atoms. The van der Waals surface area contributed by atoms with E-state index in [2.05, 4.69) is 131 Å². The smallest absolute Gasteiger partial charge is 0.462 e. The van der Waals surface area contributed by atoms with Crippen LogP contribution >= 0.6 is 15.6 Å². The van der Waals surface area contributed by atoms with Gasteiger partial charge in [0.05, 0.1) is 26.4 Å². The number of hydrogen-bond donors (Lipinski definition) is 3. The lowest BCUT2D eigenvalue weighted by atomic mass is 10.1. The molecular formula is C77H130O17P2. The maximum absolute atomic E-state index is 13.0. The summed E-state index contributed by atoms with van der Waals surface area (Å²) in [7, 11) is -9.97. The van der Waals surface area contributed by atoms with Crippen molar-refractivity contribution in [1.82, 2.24) is 0 Å². The standard InChI is InChI=1S/C77H130O17P2/c1-5-9-13-17-21-25-29-31-33-34-35-36-38-40-44-46-50-54-58-62-75(80)88-68-73(94-77(82)64-60-56-52-48-42-28-24-20-16-12-8-4)70-92-96(85,86)90-66-71(78)65-89-95(83,84)91-69-72(93-76(81)63-59-55-51-47-41-27-23-19-15-11-7-3)67-87-74(79)61-57-53-49-45-43-39-37-32-30-26-22-18-14-10-6-2/h9-10,13-14,21-22,25-26,31-33,35-37,40,43-45,50,54,71-73,78H,5-8,11-12,15-20,23-24,27-30,34,38-39,41-42,46-49,51-53,55-70H2,1-4H3,(H,83,84)(H,85,86)/b13-9-,14-10-,25-21-,26-22-,33-31-,36-35-,37-32-,44-40-,45-43-,54-50-. The van der Waals surface area contributed by atoms with Gasteiger partial charge in [-0.1, -0.05) is 278 Å². The van der Waals surface area contributed by atoms with E-state index in [0.717, 1.165) is 122 Å². The Labute approximate surface area is 581 Å². The molecule has 0 aliphatic heterocycles. The van der Waals surface area contributed by atoms with Crippen LogP contribution in [0.15, 0.2) is 122 Å². The molecule has 0 aromatic rings. The number of carbonyl (C=O) groups is 4. The van der Waals surface area contributed by atoms with Crippen LogP contribution in [0.5, 0.6) is 0 Å². The second-order valence-electron chi connectivity index (χ2n) is 24.1. The Morgan fingerprint density at radius 3 is 0.896 bits per heavy atom. The number of phosphoric ester groups is 2. The normalized spacial score (nSPS) is 14.7. The lowest BCUT2D eigenvalue weighted by Gasteiger charge is -2.21. The molecule has 0 aliphatic carbocycles. The van der Waals surface area contributed by atoms with E-state index in [1.54, 1.807) is 0 Å². The summed E-state index contributed by atoms with van der Waals surface area (Å²) in [6.45, 7) is 4.48. The summed E-state index contributed by atoms with van der Waals surface area (Å²) >= 11 is 0. The monoisotopic (exact) mass is 1390 g/mol. The number of rotatable bonds is 68. The summed E-state index contributed by atoms with van der Waals surface area (Å²) in [6, 6.07) is 0. The van der Waals surface area contributed by atoms with Gasteiger partial charge in [0.15, 0.2) is 12.2 Å². The van der Waals surface area contributed by atoms with Crippen molar-refractivity contribution in [3.8, 4) is 0 Å². The predicted molar refractivity (Wildman–Crippen MR) is 390 cm³/mol. The van der Waals surface area contributed by atoms with E-state index in [1.165, 1.54) is 77.0 Å². The van der Waals surface area contributed by atoms with Crippen molar-refractivity contribution >= 4 is 39.5 Å². The number of aliphatic hydroxyl groups excluding tert-OH is 1. The Kier molecular flexibility index (Phi) is 65.7. The van der Waals surface area contributed by atoms with Crippen molar-refractivity contribution in [3.63, 3.8) is 0 Å². The maximum Gasteiger partial charge on any atom is 0.472 e. The van der Waals surface area contributed by atoms with E-state index in [4.69, 9.17) is 37.0 Å².